The van der Waals surface area contributed by atoms with Crippen LogP contribution >= 0.6 is 0 Å². The molecular formula is C19H19N3O4S. The number of amides is 2. The zero-order valence-corrected chi connectivity index (χ0v) is 15.7. The lowest BCUT2D eigenvalue weighted by Gasteiger charge is -2.19. The molecule has 0 aliphatic heterocycles. The van der Waals surface area contributed by atoms with Gasteiger partial charge in [-0.3, -0.25) is 14.3 Å². The molecule has 0 atom stereocenters. The highest BCUT2D eigenvalue weighted by Gasteiger charge is 2.19. The van der Waals surface area contributed by atoms with E-state index in [0.717, 1.165) is 6.26 Å². The second-order valence-corrected chi connectivity index (χ2v) is 7.60. The van der Waals surface area contributed by atoms with Gasteiger partial charge in [0.05, 0.1) is 24.1 Å². The molecule has 0 spiro atoms. The molecule has 0 aliphatic carbocycles. The van der Waals surface area contributed by atoms with Crippen LogP contribution in [0.3, 0.4) is 0 Å². The van der Waals surface area contributed by atoms with Crippen molar-refractivity contribution >= 4 is 33.2 Å². The Labute approximate surface area is 158 Å². The van der Waals surface area contributed by atoms with Crippen LogP contribution < -0.4 is 10.0 Å². The molecule has 2 aromatic rings. The molecule has 0 fully saturated rings. The third kappa shape index (κ3) is 5.87. The smallest absolute Gasteiger partial charge is 0.256 e. The number of nitrogens with one attached hydrogen (secondary N) is 2. The Balaban J connectivity index is 2.09. The van der Waals surface area contributed by atoms with E-state index in [2.05, 4.69) is 16.0 Å². The van der Waals surface area contributed by atoms with E-state index in [4.69, 9.17) is 6.42 Å². The molecule has 0 unspecified atom stereocenters. The molecule has 0 aromatic heterocycles. The maximum absolute atomic E-state index is 12.6. The first-order valence-electron chi connectivity index (χ1n) is 7.88. The van der Waals surface area contributed by atoms with E-state index in [0.29, 0.717) is 11.3 Å². The van der Waals surface area contributed by atoms with Gasteiger partial charge in [-0.1, -0.05) is 24.1 Å². The molecule has 0 aliphatic rings. The summed E-state index contributed by atoms with van der Waals surface area (Å²) in [5, 5.41) is 2.67. The molecule has 0 radical (unpaired) electrons. The lowest BCUT2D eigenvalue weighted by molar-refractivity contribution is -0.116. The number of likely N-dealkylation sites (N-methyl/N-ethyl adjacent to an activating group) is 1. The number of terminal acetylenes is 1. The van der Waals surface area contributed by atoms with Gasteiger partial charge >= 0.3 is 0 Å². The van der Waals surface area contributed by atoms with E-state index >= 15 is 0 Å². The van der Waals surface area contributed by atoms with Crippen molar-refractivity contribution in [2.45, 2.75) is 0 Å². The van der Waals surface area contributed by atoms with Crippen LogP contribution in [0.2, 0.25) is 0 Å². The van der Waals surface area contributed by atoms with Crippen LogP contribution in [0, 0.1) is 12.3 Å². The van der Waals surface area contributed by atoms with Gasteiger partial charge in [-0.05, 0) is 30.3 Å². The Bertz CT molecular complexity index is 1010. The zero-order chi connectivity index (χ0) is 20.0. The minimum absolute atomic E-state index is 0.146. The van der Waals surface area contributed by atoms with Crippen LogP contribution in [-0.2, 0) is 14.8 Å². The van der Waals surface area contributed by atoms with Crippen molar-refractivity contribution < 1.29 is 18.0 Å². The van der Waals surface area contributed by atoms with Crippen molar-refractivity contribution in [2.24, 2.45) is 0 Å². The topological polar surface area (TPSA) is 95.6 Å². The van der Waals surface area contributed by atoms with Gasteiger partial charge in [0.1, 0.15) is 0 Å². The first kappa shape index (κ1) is 20.0. The molecule has 7 nitrogen and oxygen atoms in total. The van der Waals surface area contributed by atoms with Crippen LogP contribution in [0.1, 0.15) is 15.9 Å². The van der Waals surface area contributed by atoms with Crippen molar-refractivity contribution in [1.82, 2.24) is 4.90 Å². The van der Waals surface area contributed by atoms with Gasteiger partial charge in [-0.15, -0.1) is 6.42 Å². The maximum Gasteiger partial charge on any atom is 0.256 e. The summed E-state index contributed by atoms with van der Waals surface area (Å²) in [5.41, 5.74) is 1.44. The van der Waals surface area contributed by atoms with Gasteiger partial charge in [-0.2, -0.15) is 0 Å². The molecule has 0 saturated heterocycles. The number of hydrogen-bond donors (Lipinski definition) is 2. The van der Waals surface area contributed by atoms with E-state index in [1.165, 1.54) is 24.1 Å². The van der Waals surface area contributed by atoms with E-state index in [9.17, 15) is 18.0 Å². The summed E-state index contributed by atoms with van der Waals surface area (Å²) < 4.78 is 25.2. The monoisotopic (exact) mass is 385 g/mol. The number of hydrogen-bond acceptors (Lipinski definition) is 4. The summed E-state index contributed by atoms with van der Waals surface area (Å²) in [6, 6.07) is 13.0. The summed E-state index contributed by atoms with van der Waals surface area (Å²) in [4.78, 5) is 26.0. The number of benzene rings is 2. The fourth-order valence-corrected chi connectivity index (χ4v) is 2.92. The predicted molar refractivity (Wildman–Crippen MR) is 105 cm³/mol. The molecule has 8 heteroatoms. The number of rotatable bonds is 6. The molecule has 2 aromatic carbocycles. The molecular weight excluding hydrogens is 366 g/mol. The fourth-order valence-electron chi connectivity index (χ4n) is 2.34. The fraction of sp³-hybridized carbons (Fsp3) is 0.158. The van der Waals surface area contributed by atoms with Crippen LogP contribution in [0.4, 0.5) is 11.4 Å². The quantitative estimate of drug-likeness (QED) is 0.741. The number of para-hydroxylation sites is 1. The highest BCUT2D eigenvalue weighted by molar-refractivity contribution is 7.92. The van der Waals surface area contributed by atoms with E-state index < -0.39 is 21.8 Å². The first-order chi connectivity index (χ1) is 12.7. The Kier molecular flexibility index (Phi) is 6.21. The number of carbonyl (C=O) groups is 2. The summed E-state index contributed by atoms with van der Waals surface area (Å²) in [6.45, 7) is -0.216. The molecule has 27 heavy (non-hydrogen) atoms. The minimum Gasteiger partial charge on any atom is -0.332 e. The van der Waals surface area contributed by atoms with E-state index in [1.807, 2.05) is 0 Å². The second kappa shape index (κ2) is 8.38. The average molecular weight is 385 g/mol. The van der Waals surface area contributed by atoms with Crippen LogP contribution in [-0.4, -0.2) is 45.0 Å². The first-order valence-corrected chi connectivity index (χ1v) is 9.77. The van der Waals surface area contributed by atoms with Crippen molar-refractivity contribution in [1.29, 1.82) is 0 Å². The molecule has 0 bridgehead atoms. The molecule has 2 rings (SSSR count). The minimum atomic E-state index is -3.55. The summed E-state index contributed by atoms with van der Waals surface area (Å²) >= 11 is 0. The summed E-state index contributed by atoms with van der Waals surface area (Å²) in [6.07, 6.45) is 6.32. The van der Waals surface area contributed by atoms with Crippen molar-refractivity contribution in [3.63, 3.8) is 0 Å². The largest absolute Gasteiger partial charge is 0.332 e. The van der Waals surface area contributed by atoms with Crippen molar-refractivity contribution in [3.8, 4) is 12.3 Å². The zero-order valence-electron chi connectivity index (χ0n) is 14.9. The Morgan fingerprint density at radius 2 is 1.85 bits per heavy atom. The number of nitrogens with zero attached hydrogens (tertiary/aromatic N) is 1. The predicted octanol–water partition coefficient (Wildman–Crippen LogP) is 1.75. The SMILES string of the molecule is C#Cc1cccc(NC(=O)CN(C)C(=O)c2ccccc2NS(C)(=O)=O)c1. The van der Waals surface area contributed by atoms with Crippen molar-refractivity contribution in [3.05, 3.63) is 59.7 Å². The van der Waals surface area contributed by atoms with Gasteiger partial charge in [-0.25, -0.2) is 8.42 Å². The maximum atomic E-state index is 12.6. The third-order valence-corrected chi connectivity index (χ3v) is 4.08. The molecule has 2 amide bonds. The average Bonchev–Trinajstić information content (AvgIpc) is 2.60. The lowest BCUT2D eigenvalue weighted by Crippen LogP contribution is -2.35. The van der Waals surface area contributed by atoms with Gasteiger partial charge in [0.25, 0.3) is 5.91 Å². The molecule has 0 heterocycles. The molecule has 2 N–H and O–H groups in total. The van der Waals surface area contributed by atoms with Gasteiger partial charge in [0, 0.05) is 18.3 Å². The van der Waals surface area contributed by atoms with E-state index in [-0.39, 0.29) is 17.8 Å². The number of anilines is 2. The molecule has 0 saturated carbocycles. The van der Waals surface area contributed by atoms with E-state index in [1.54, 1.807) is 36.4 Å². The summed E-state index contributed by atoms with van der Waals surface area (Å²) in [5.74, 6) is 1.57. The highest BCUT2D eigenvalue weighted by Crippen LogP contribution is 2.18. The van der Waals surface area contributed by atoms with Crippen LogP contribution in [0.15, 0.2) is 48.5 Å². The van der Waals surface area contributed by atoms with Gasteiger partial charge < -0.3 is 10.2 Å². The second-order valence-electron chi connectivity index (χ2n) is 5.85. The standard InChI is InChI=1S/C19H19N3O4S/c1-4-14-8-7-9-15(12-14)20-18(23)13-22(2)19(24)16-10-5-6-11-17(16)21-27(3,25)26/h1,5-12,21H,13H2,2-3H3,(H,20,23). The summed E-state index contributed by atoms with van der Waals surface area (Å²) in [7, 11) is -2.09. The van der Waals surface area contributed by atoms with Crippen LogP contribution in [0.5, 0.6) is 0 Å². The molecule has 140 valence electrons. The van der Waals surface area contributed by atoms with Gasteiger partial charge in [0.15, 0.2) is 0 Å². The number of carbonyl (C=O) groups excluding carboxylic acids is 2. The Hall–Kier alpha value is -3.31. The van der Waals surface area contributed by atoms with Crippen molar-refractivity contribution in [2.75, 3.05) is 29.9 Å². The highest BCUT2D eigenvalue weighted by atomic mass is 32.2. The van der Waals surface area contributed by atoms with Crippen LogP contribution in [0.25, 0.3) is 0 Å². The normalized spacial score (nSPS) is 10.6. The third-order valence-electron chi connectivity index (χ3n) is 3.49. The number of sulfonamides is 1. The Morgan fingerprint density at radius 3 is 2.52 bits per heavy atom. The lowest BCUT2D eigenvalue weighted by atomic mass is 10.1. The van der Waals surface area contributed by atoms with Gasteiger partial charge in [0.2, 0.25) is 15.9 Å². The Morgan fingerprint density at radius 1 is 1.15 bits per heavy atom.